The number of anilines is 1. The van der Waals surface area contributed by atoms with E-state index >= 15 is 0 Å². The number of alkyl halides is 3. The lowest BCUT2D eigenvalue weighted by Crippen LogP contribution is -2.56. The van der Waals surface area contributed by atoms with Crippen LogP contribution in [0.4, 0.5) is 14.7 Å². The molecule has 1 aromatic carbocycles. The molecule has 2 aromatic rings. The first-order chi connectivity index (χ1) is 17.1. The van der Waals surface area contributed by atoms with Crippen LogP contribution >= 0.6 is 11.6 Å². The van der Waals surface area contributed by atoms with Gasteiger partial charge in [-0.2, -0.15) is 0 Å². The number of amides is 2. The standard InChI is InChI=1S/C25H28ClF2N5O3/c1-15(34)30-20-4-6-25(27,28)13-21(20)33-14-17-3-2-16(12-18(17)22(33)35)19-5-9-29-23(31-19)32-24(26)7-10-36-11-8-24/h2-3,5,9,12,20-21H,4,6-8,10-11,13-14H2,1H3,(H,30,34)(H,29,31,32). The van der Waals surface area contributed by atoms with Gasteiger partial charge in [0.25, 0.3) is 5.91 Å². The van der Waals surface area contributed by atoms with E-state index in [1.807, 2.05) is 12.1 Å². The maximum atomic E-state index is 14.3. The molecule has 0 bridgehead atoms. The third-order valence-corrected chi connectivity index (χ3v) is 7.57. The highest BCUT2D eigenvalue weighted by molar-refractivity contribution is 6.25. The van der Waals surface area contributed by atoms with E-state index in [1.54, 1.807) is 18.3 Å². The quantitative estimate of drug-likeness (QED) is 0.459. The van der Waals surface area contributed by atoms with Crippen LogP contribution in [-0.2, 0) is 16.1 Å². The van der Waals surface area contributed by atoms with Crippen LogP contribution in [0.1, 0.15) is 54.9 Å². The molecule has 2 atom stereocenters. The molecule has 192 valence electrons. The fraction of sp³-hybridized carbons (Fsp3) is 0.520. The van der Waals surface area contributed by atoms with E-state index in [4.69, 9.17) is 16.3 Å². The van der Waals surface area contributed by atoms with E-state index in [9.17, 15) is 18.4 Å². The molecule has 3 aliphatic rings. The second-order valence-electron chi connectivity index (χ2n) is 9.75. The molecule has 1 saturated carbocycles. The third-order valence-electron chi connectivity index (χ3n) is 7.10. The number of nitrogens with one attached hydrogen (secondary N) is 2. The first-order valence-electron chi connectivity index (χ1n) is 12.1. The number of aromatic nitrogens is 2. The maximum absolute atomic E-state index is 14.3. The Morgan fingerprint density at radius 3 is 2.75 bits per heavy atom. The van der Waals surface area contributed by atoms with Crippen molar-refractivity contribution in [2.45, 2.75) is 68.6 Å². The van der Waals surface area contributed by atoms with Crippen molar-refractivity contribution in [3.8, 4) is 11.3 Å². The van der Waals surface area contributed by atoms with Gasteiger partial charge in [0.1, 0.15) is 5.00 Å². The van der Waals surface area contributed by atoms with Gasteiger partial charge >= 0.3 is 0 Å². The van der Waals surface area contributed by atoms with Crippen molar-refractivity contribution in [1.29, 1.82) is 0 Å². The van der Waals surface area contributed by atoms with Gasteiger partial charge in [0.2, 0.25) is 17.8 Å². The fourth-order valence-corrected chi connectivity index (χ4v) is 5.46. The summed E-state index contributed by atoms with van der Waals surface area (Å²) in [5, 5.41) is 5.95. The van der Waals surface area contributed by atoms with Gasteiger partial charge in [0.05, 0.1) is 24.9 Å². The molecule has 1 aromatic heterocycles. The molecular formula is C25H28ClF2N5O3. The predicted molar refractivity (Wildman–Crippen MR) is 130 cm³/mol. The van der Waals surface area contributed by atoms with Crippen LogP contribution in [-0.4, -0.2) is 62.9 Å². The summed E-state index contributed by atoms with van der Waals surface area (Å²) in [4.78, 5) is 34.7. The SMILES string of the molecule is CC(=O)NC1CCC(F)(F)CC1N1Cc2ccc(-c3ccnc(NC4(Cl)CCOCC4)n3)cc2C1=O. The van der Waals surface area contributed by atoms with Crippen LogP contribution in [0.2, 0.25) is 0 Å². The molecule has 0 radical (unpaired) electrons. The lowest BCUT2D eigenvalue weighted by molar-refractivity contribution is -0.122. The number of benzene rings is 1. The number of hydrogen-bond donors (Lipinski definition) is 2. The number of carbonyl (C=O) groups excluding carboxylic acids is 2. The highest BCUT2D eigenvalue weighted by Gasteiger charge is 2.47. The van der Waals surface area contributed by atoms with E-state index in [0.29, 0.717) is 48.8 Å². The molecule has 3 heterocycles. The Labute approximate surface area is 212 Å². The first kappa shape index (κ1) is 24.8. The zero-order chi connectivity index (χ0) is 25.5. The Balaban J connectivity index is 1.37. The van der Waals surface area contributed by atoms with Gasteiger partial charge in [-0.25, -0.2) is 18.7 Å². The van der Waals surface area contributed by atoms with Crippen LogP contribution < -0.4 is 10.6 Å². The van der Waals surface area contributed by atoms with Crippen LogP contribution in [0.25, 0.3) is 11.3 Å². The summed E-state index contributed by atoms with van der Waals surface area (Å²) in [6.45, 7) is 2.68. The van der Waals surface area contributed by atoms with Gasteiger partial charge < -0.3 is 20.3 Å². The second-order valence-corrected chi connectivity index (χ2v) is 10.5. The molecule has 2 unspecified atom stereocenters. The van der Waals surface area contributed by atoms with E-state index in [-0.39, 0.29) is 31.2 Å². The topological polar surface area (TPSA) is 96.5 Å². The van der Waals surface area contributed by atoms with Crippen molar-refractivity contribution in [1.82, 2.24) is 20.2 Å². The van der Waals surface area contributed by atoms with Crippen molar-refractivity contribution in [3.63, 3.8) is 0 Å². The zero-order valence-electron chi connectivity index (χ0n) is 19.9. The van der Waals surface area contributed by atoms with Crippen LogP contribution in [0.15, 0.2) is 30.5 Å². The Bertz CT molecular complexity index is 1170. The van der Waals surface area contributed by atoms with Crippen molar-refractivity contribution in [3.05, 3.63) is 41.6 Å². The van der Waals surface area contributed by atoms with Gasteiger partial charge in [0.15, 0.2) is 0 Å². The molecule has 2 aliphatic heterocycles. The molecule has 2 amide bonds. The van der Waals surface area contributed by atoms with Gasteiger partial charge in [-0.15, -0.1) is 0 Å². The Kier molecular flexibility index (Phi) is 6.59. The van der Waals surface area contributed by atoms with Crippen molar-refractivity contribution >= 4 is 29.4 Å². The number of halogens is 3. The average molecular weight is 520 g/mol. The molecule has 1 saturated heterocycles. The summed E-state index contributed by atoms with van der Waals surface area (Å²) >= 11 is 6.66. The Morgan fingerprint density at radius 2 is 2.00 bits per heavy atom. The van der Waals surface area contributed by atoms with E-state index in [0.717, 1.165) is 5.56 Å². The van der Waals surface area contributed by atoms with E-state index in [1.165, 1.54) is 11.8 Å². The predicted octanol–water partition coefficient (Wildman–Crippen LogP) is 3.95. The number of hydrogen-bond acceptors (Lipinski definition) is 6. The average Bonchev–Trinajstić information content (AvgIpc) is 3.16. The lowest BCUT2D eigenvalue weighted by Gasteiger charge is -2.41. The molecule has 2 fully saturated rings. The summed E-state index contributed by atoms with van der Waals surface area (Å²) in [7, 11) is 0. The summed E-state index contributed by atoms with van der Waals surface area (Å²) in [6, 6.07) is 5.87. The van der Waals surface area contributed by atoms with Crippen LogP contribution in [0, 0.1) is 0 Å². The maximum Gasteiger partial charge on any atom is 0.254 e. The molecular weight excluding hydrogens is 492 g/mol. The second kappa shape index (κ2) is 9.55. The van der Waals surface area contributed by atoms with Crippen molar-refractivity contribution < 1.29 is 23.1 Å². The summed E-state index contributed by atoms with van der Waals surface area (Å²) in [5.74, 6) is -3.12. The number of fused-ring (bicyclic) bond motifs is 1. The van der Waals surface area contributed by atoms with Crippen LogP contribution in [0.3, 0.4) is 0 Å². The molecule has 8 nitrogen and oxygen atoms in total. The highest BCUT2D eigenvalue weighted by Crippen LogP contribution is 2.39. The first-order valence-corrected chi connectivity index (χ1v) is 12.5. The summed E-state index contributed by atoms with van der Waals surface area (Å²) in [6.07, 6.45) is 2.18. The molecule has 2 N–H and O–H groups in total. The number of rotatable bonds is 5. The fourth-order valence-electron chi connectivity index (χ4n) is 5.22. The van der Waals surface area contributed by atoms with Crippen LogP contribution in [0.5, 0.6) is 0 Å². The lowest BCUT2D eigenvalue weighted by atomic mass is 9.86. The Morgan fingerprint density at radius 1 is 1.22 bits per heavy atom. The molecule has 36 heavy (non-hydrogen) atoms. The monoisotopic (exact) mass is 519 g/mol. The number of nitrogens with zero attached hydrogens (tertiary/aromatic N) is 3. The third kappa shape index (κ3) is 5.15. The normalized spacial score (nSPS) is 24.8. The van der Waals surface area contributed by atoms with Gasteiger partial charge in [-0.3, -0.25) is 9.59 Å². The van der Waals surface area contributed by atoms with E-state index < -0.39 is 29.4 Å². The minimum Gasteiger partial charge on any atom is -0.381 e. The smallest absolute Gasteiger partial charge is 0.254 e. The number of ether oxygens (including phenoxy) is 1. The van der Waals surface area contributed by atoms with Gasteiger partial charge in [-0.1, -0.05) is 23.7 Å². The largest absolute Gasteiger partial charge is 0.381 e. The minimum absolute atomic E-state index is 0.119. The molecule has 0 spiro atoms. The van der Waals surface area contributed by atoms with E-state index in [2.05, 4.69) is 20.6 Å². The molecule has 1 aliphatic carbocycles. The highest BCUT2D eigenvalue weighted by atomic mass is 35.5. The minimum atomic E-state index is -2.88. The zero-order valence-corrected chi connectivity index (χ0v) is 20.7. The molecule has 11 heteroatoms. The Hall–Kier alpha value is -2.85. The van der Waals surface area contributed by atoms with Crippen molar-refractivity contribution in [2.75, 3.05) is 18.5 Å². The molecule has 5 rings (SSSR count). The van der Waals surface area contributed by atoms with Gasteiger partial charge in [-0.05, 0) is 24.1 Å². The van der Waals surface area contributed by atoms with Crippen molar-refractivity contribution in [2.24, 2.45) is 0 Å². The summed E-state index contributed by atoms with van der Waals surface area (Å²) in [5.41, 5.74) is 2.52. The van der Waals surface area contributed by atoms with Gasteiger partial charge in [0, 0.05) is 62.5 Å². The number of carbonyl (C=O) groups is 2. The summed E-state index contributed by atoms with van der Waals surface area (Å²) < 4.78 is 34.0.